The molecule has 0 radical (unpaired) electrons. The molecule has 11 aromatic rings. The molecular weight excluding hydrogens is 1030 g/mol. The van der Waals surface area contributed by atoms with Crippen LogP contribution in [0.2, 0.25) is 0 Å². The molecule has 412 valence electrons. The number of hydrogen-bond donors (Lipinski definition) is 0. The van der Waals surface area contributed by atoms with Crippen LogP contribution in [0, 0.1) is 0 Å². The predicted molar refractivity (Wildman–Crippen MR) is 345 cm³/mol. The standard InChI is InChI=1S/C76H66F3N3O/c1-3-5-11-56-21-35-68(36-22-56)81(73-47-33-62-13-7-9-15-64(62)53-73)70-43-29-60(30-44-70)19-17-58-25-39-66(40-26-58)80(72-49-51-75(52-50-72)83-55-76(77,78)79)67-41-27-59(28-42-67)18-20-61-31-45-71(46-32-61)82(69-37-23-57(24-38-69)12-6-4-2)74-48-34-63-14-8-10-16-65(63)54-74/h7-10,13-54H,3-6,11-12,55H2,1-2H3/b19-17+,20-18+. The topological polar surface area (TPSA) is 19.0 Å². The fourth-order valence-electron chi connectivity index (χ4n) is 10.5. The highest BCUT2D eigenvalue weighted by atomic mass is 19.4. The van der Waals surface area contributed by atoms with Crippen molar-refractivity contribution in [3.63, 3.8) is 0 Å². The summed E-state index contributed by atoms with van der Waals surface area (Å²) < 4.78 is 44.4. The third-order valence-electron chi connectivity index (χ3n) is 15.0. The Morgan fingerprint density at radius 1 is 0.325 bits per heavy atom. The quantitative estimate of drug-likeness (QED) is 0.0668. The van der Waals surface area contributed by atoms with Crippen molar-refractivity contribution in [2.45, 2.75) is 58.5 Å². The van der Waals surface area contributed by atoms with E-state index in [-0.39, 0.29) is 5.75 Å². The minimum absolute atomic E-state index is 0.142. The lowest BCUT2D eigenvalue weighted by molar-refractivity contribution is -0.153. The first kappa shape index (κ1) is 55.3. The van der Waals surface area contributed by atoms with E-state index in [4.69, 9.17) is 4.74 Å². The highest BCUT2D eigenvalue weighted by Crippen LogP contribution is 2.40. The first-order valence-electron chi connectivity index (χ1n) is 28.7. The van der Waals surface area contributed by atoms with Crippen LogP contribution in [0.25, 0.3) is 45.8 Å². The van der Waals surface area contributed by atoms with Gasteiger partial charge in [-0.25, -0.2) is 0 Å². The molecule has 83 heavy (non-hydrogen) atoms. The van der Waals surface area contributed by atoms with E-state index in [0.717, 1.165) is 86.3 Å². The highest BCUT2D eigenvalue weighted by Gasteiger charge is 2.28. The maximum Gasteiger partial charge on any atom is 0.422 e. The second kappa shape index (κ2) is 25.9. The van der Waals surface area contributed by atoms with Gasteiger partial charge in [-0.3, -0.25) is 0 Å². The van der Waals surface area contributed by atoms with E-state index in [1.54, 1.807) is 24.3 Å². The third kappa shape index (κ3) is 14.0. The molecule has 0 saturated carbocycles. The van der Waals surface area contributed by atoms with Gasteiger partial charge in [-0.05, 0) is 202 Å². The number of alkyl halides is 3. The molecule has 0 aliphatic rings. The van der Waals surface area contributed by atoms with Gasteiger partial charge in [0.15, 0.2) is 6.61 Å². The summed E-state index contributed by atoms with van der Waals surface area (Å²) in [7, 11) is 0. The van der Waals surface area contributed by atoms with Crippen molar-refractivity contribution in [2.24, 2.45) is 0 Å². The lowest BCUT2D eigenvalue weighted by atomic mass is 10.1. The van der Waals surface area contributed by atoms with Crippen LogP contribution in [0.3, 0.4) is 0 Å². The molecule has 0 aliphatic heterocycles. The summed E-state index contributed by atoms with van der Waals surface area (Å²) >= 11 is 0. The van der Waals surface area contributed by atoms with Gasteiger partial charge in [0.1, 0.15) is 5.75 Å². The molecule has 0 bridgehead atoms. The monoisotopic (exact) mass is 1090 g/mol. The minimum atomic E-state index is -4.44. The Morgan fingerprint density at radius 3 is 0.916 bits per heavy atom. The Labute approximate surface area is 486 Å². The van der Waals surface area contributed by atoms with E-state index >= 15 is 0 Å². The molecule has 0 saturated heterocycles. The van der Waals surface area contributed by atoms with Gasteiger partial charge in [0, 0.05) is 51.2 Å². The minimum Gasteiger partial charge on any atom is -0.484 e. The van der Waals surface area contributed by atoms with Crippen molar-refractivity contribution >= 4 is 97.0 Å². The van der Waals surface area contributed by atoms with E-state index in [1.165, 1.54) is 58.4 Å². The maximum absolute atomic E-state index is 13.1. The predicted octanol–water partition coefficient (Wildman–Crippen LogP) is 22.4. The number of unbranched alkanes of at least 4 members (excludes halogenated alkanes) is 2. The van der Waals surface area contributed by atoms with Gasteiger partial charge in [-0.15, -0.1) is 0 Å². The molecule has 0 N–H and O–H groups in total. The molecule has 0 atom stereocenters. The van der Waals surface area contributed by atoms with E-state index < -0.39 is 12.8 Å². The average molecular weight is 1090 g/mol. The Balaban J connectivity index is 0.817. The summed E-state index contributed by atoms with van der Waals surface area (Å²) in [5.74, 6) is 0.142. The summed E-state index contributed by atoms with van der Waals surface area (Å²) in [6.45, 7) is 3.10. The van der Waals surface area contributed by atoms with E-state index in [1.807, 2.05) is 0 Å². The highest BCUT2D eigenvalue weighted by molar-refractivity contribution is 5.91. The van der Waals surface area contributed by atoms with Crippen LogP contribution in [-0.2, 0) is 12.8 Å². The van der Waals surface area contributed by atoms with Crippen molar-refractivity contribution in [1.82, 2.24) is 0 Å². The molecule has 0 aliphatic carbocycles. The zero-order chi connectivity index (χ0) is 57.0. The number of rotatable bonds is 21. The Kier molecular flexibility index (Phi) is 17.3. The van der Waals surface area contributed by atoms with Gasteiger partial charge in [-0.1, -0.05) is 184 Å². The molecule has 0 unspecified atom stereocenters. The normalized spacial score (nSPS) is 11.7. The molecule has 0 amide bonds. The number of benzene rings is 11. The number of hydrogen-bond acceptors (Lipinski definition) is 4. The van der Waals surface area contributed by atoms with E-state index in [9.17, 15) is 13.2 Å². The number of anilines is 9. The SMILES string of the molecule is CCCCc1ccc(N(c2ccc(/C=C/c3ccc(N(c4ccc(/C=C/c5ccc(N(c6ccc(CCCC)cc6)c6ccc7ccccc7c6)cc5)cc4)c4ccc(OCC(F)(F)F)cc4)cc3)cc2)c2ccc3ccccc3c2)cc1. The van der Waals surface area contributed by atoms with Crippen molar-refractivity contribution in [2.75, 3.05) is 21.3 Å². The zero-order valence-electron chi connectivity index (χ0n) is 46.9. The Bertz CT molecular complexity index is 3720. The number of aryl methyl sites for hydroxylation is 2. The van der Waals surface area contributed by atoms with Crippen LogP contribution in [0.4, 0.5) is 64.4 Å². The molecule has 0 aromatic heterocycles. The van der Waals surface area contributed by atoms with Gasteiger partial charge >= 0.3 is 6.18 Å². The average Bonchev–Trinajstić information content (AvgIpc) is 3.66. The second-order valence-corrected chi connectivity index (χ2v) is 21.0. The lowest BCUT2D eigenvalue weighted by Crippen LogP contribution is -2.19. The van der Waals surface area contributed by atoms with Crippen molar-refractivity contribution in [1.29, 1.82) is 0 Å². The molecular formula is C76H66F3N3O. The first-order valence-corrected chi connectivity index (χ1v) is 28.7. The number of ether oxygens (including phenoxy) is 1. The van der Waals surface area contributed by atoms with Crippen LogP contribution >= 0.6 is 0 Å². The van der Waals surface area contributed by atoms with Gasteiger partial charge in [0.05, 0.1) is 0 Å². The van der Waals surface area contributed by atoms with Crippen molar-refractivity contribution in [3.8, 4) is 5.75 Å². The molecule has 0 spiro atoms. The van der Waals surface area contributed by atoms with Crippen molar-refractivity contribution in [3.05, 3.63) is 288 Å². The summed E-state index contributed by atoms with van der Waals surface area (Å²) in [6.07, 6.45) is 10.8. The van der Waals surface area contributed by atoms with Gasteiger partial charge in [0.25, 0.3) is 0 Å². The zero-order valence-corrected chi connectivity index (χ0v) is 46.9. The summed E-state index contributed by atoms with van der Waals surface area (Å²) in [6, 6.07) is 88.7. The van der Waals surface area contributed by atoms with Crippen LogP contribution in [0.1, 0.15) is 72.9 Å². The molecule has 0 heterocycles. The molecule has 7 heteroatoms. The van der Waals surface area contributed by atoms with Gasteiger partial charge < -0.3 is 19.4 Å². The number of fused-ring (bicyclic) bond motifs is 2. The van der Waals surface area contributed by atoms with Crippen LogP contribution < -0.4 is 19.4 Å². The molecule has 11 aromatic carbocycles. The van der Waals surface area contributed by atoms with Gasteiger partial charge in [-0.2, -0.15) is 13.2 Å². The lowest BCUT2D eigenvalue weighted by Gasteiger charge is -2.26. The Hall–Kier alpha value is -9.59. The second-order valence-electron chi connectivity index (χ2n) is 21.0. The van der Waals surface area contributed by atoms with E-state index in [2.05, 4.69) is 283 Å². The number of nitrogens with zero attached hydrogens (tertiary/aromatic N) is 3. The molecule has 4 nitrogen and oxygen atoms in total. The summed E-state index contributed by atoms with van der Waals surface area (Å²) in [5, 5.41) is 4.79. The fraction of sp³-hybridized carbons (Fsp3) is 0.132. The largest absolute Gasteiger partial charge is 0.484 e. The first-order chi connectivity index (χ1) is 40.6. The maximum atomic E-state index is 13.1. The summed E-state index contributed by atoms with van der Waals surface area (Å²) in [4.78, 5) is 6.72. The smallest absolute Gasteiger partial charge is 0.422 e. The molecule has 0 fully saturated rings. The fourth-order valence-corrected chi connectivity index (χ4v) is 10.5. The van der Waals surface area contributed by atoms with Crippen LogP contribution in [-0.4, -0.2) is 12.8 Å². The van der Waals surface area contributed by atoms with Crippen molar-refractivity contribution < 1.29 is 17.9 Å². The third-order valence-corrected chi connectivity index (χ3v) is 15.0. The number of halogens is 3. The van der Waals surface area contributed by atoms with Gasteiger partial charge in [0.2, 0.25) is 0 Å². The van der Waals surface area contributed by atoms with Crippen LogP contribution in [0.5, 0.6) is 5.75 Å². The van der Waals surface area contributed by atoms with Crippen LogP contribution in [0.15, 0.2) is 255 Å². The molecule has 11 rings (SSSR count). The van der Waals surface area contributed by atoms with E-state index in [0.29, 0.717) is 0 Å². The Morgan fingerprint density at radius 2 is 0.602 bits per heavy atom. The summed E-state index contributed by atoms with van der Waals surface area (Å²) in [5.41, 5.74) is 15.9.